The third-order valence-corrected chi connectivity index (χ3v) is 9.11. The van der Waals surface area contributed by atoms with Crippen LogP contribution in [0.15, 0.2) is 47.4 Å². The Labute approximate surface area is 205 Å². The van der Waals surface area contributed by atoms with Crippen molar-refractivity contribution in [2.75, 3.05) is 25.5 Å². The van der Waals surface area contributed by atoms with E-state index in [1.165, 1.54) is 41.0 Å². The first-order valence-corrected chi connectivity index (χ1v) is 13.1. The third-order valence-electron chi connectivity index (χ3n) is 5.44. The van der Waals surface area contributed by atoms with Crippen molar-refractivity contribution in [2.45, 2.75) is 17.7 Å². The lowest BCUT2D eigenvalue weighted by molar-refractivity contribution is -0.120. The van der Waals surface area contributed by atoms with Crippen LogP contribution in [-0.2, 0) is 19.6 Å². The number of halogens is 2. The predicted octanol–water partition coefficient (Wildman–Crippen LogP) is 5.03. The van der Waals surface area contributed by atoms with E-state index in [0.717, 1.165) is 10.1 Å². The quantitative estimate of drug-likeness (QED) is 0.470. The van der Waals surface area contributed by atoms with Gasteiger partial charge < -0.3 is 10.1 Å². The highest BCUT2D eigenvalue weighted by molar-refractivity contribution is 7.89. The number of carbonyl (C=O) groups excluding carboxylic acids is 2. The molecule has 1 aromatic heterocycles. The largest absolute Gasteiger partial charge is 0.465 e. The standard InChI is InChI=1S/C22H20Cl2N2O5S2/c1-31-22(28)19-10-14-9-16(5-7-18(14)32-19)25-21(27)13-3-2-8-26(12-13)33(29,30)20-11-15(23)4-6-17(20)24/h4-7,9-11,13H,2-3,8,12H2,1H3,(H,25,27)/t13-/m1/s1. The normalized spacial score (nSPS) is 17.1. The second-order valence-electron chi connectivity index (χ2n) is 7.62. The number of nitrogens with zero attached hydrogens (tertiary/aromatic N) is 1. The van der Waals surface area contributed by atoms with Crippen LogP contribution in [0.25, 0.3) is 10.1 Å². The molecule has 7 nitrogen and oxygen atoms in total. The maximum Gasteiger partial charge on any atom is 0.348 e. The van der Waals surface area contributed by atoms with Crippen molar-refractivity contribution in [1.82, 2.24) is 4.31 Å². The summed E-state index contributed by atoms with van der Waals surface area (Å²) in [6.07, 6.45) is 1.11. The van der Waals surface area contributed by atoms with E-state index in [1.54, 1.807) is 18.2 Å². The maximum absolute atomic E-state index is 13.1. The van der Waals surface area contributed by atoms with Crippen molar-refractivity contribution in [3.63, 3.8) is 0 Å². The second-order valence-corrected chi connectivity index (χ2v) is 11.5. The van der Waals surface area contributed by atoms with E-state index in [4.69, 9.17) is 27.9 Å². The van der Waals surface area contributed by atoms with Crippen LogP contribution in [0.5, 0.6) is 0 Å². The number of rotatable bonds is 5. The molecule has 0 unspecified atom stereocenters. The highest BCUT2D eigenvalue weighted by Crippen LogP contribution is 2.32. The molecular weight excluding hydrogens is 507 g/mol. The van der Waals surface area contributed by atoms with Crippen molar-refractivity contribution in [3.05, 3.63) is 57.4 Å². The van der Waals surface area contributed by atoms with Gasteiger partial charge in [-0.15, -0.1) is 11.3 Å². The molecule has 0 saturated carbocycles. The van der Waals surface area contributed by atoms with Crippen LogP contribution in [-0.4, -0.2) is 44.8 Å². The molecule has 1 N–H and O–H groups in total. The van der Waals surface area contributed by atoms with Crippen molar-refractivity contribution >= 4 is 72.2 Å². The summed E-state index contributed by atoms with van der Waals surface area (Å²) in [7, 11) is -2.57. The molecule has 3 aromatic rings. The monoisotopic (exact) mass is 526 g/mol. The van der Waals surface area contributed by atoms with Gasteiger partial charge in [-0.2, -0.15) is 4.31 Å². The topological polar surface area (TPSA) is 92.8 Å². The summed E-state index contributed by atoms with van der Waals surface area (Å²) < 4.78 is 33.2. The fraction of sp³-hybridized carbons (Fsp3) is 0.273. The first-order chi connectivity index (χ1) is 15.7. The number of ether oxygens (including phenoxy) is 1. The minimum Gasteiger partial charge on any atom is -0.465 e. The van der Waals surface area contributed by atoms with E-state index in [9.17, 15) is 18.0 Å². The predicted molar refractivity (Wildman–Crippen MR) is 130 cm³/mol. The minimum absolute atomic E-state index is 0.0458. The highest BCUT2D eigenvalue weighted by atomic mass is 35.5. The molecule has 0 aliphatic carbocycles. The van der Waals surface area contributed by atoms with Gasteiger partial charge in [-0.05, 0) is 60.7 Å². The fourth-order valence-electron chi connectivity index (χ4n) is 3.76. The lowest BCUT2D eigenvalue weighted by Crippen LogP contribution is -2.43. The molecule has 2 aromatic carbocycles. The van der Waals surface area contributed by atoms with Gasteiger partial charge in [0.05, 0.1) is 18.1 Å². The van der Waals surface area contributed by atoms with Crippen LogP contribution in [0.2, 0.25) is 10.0 Å². The lowest BCUT2D eigenvalue weighted by Gasteiger charge is -2.31. The SMILES string of the molecule is COC(=O)c1cc2cc(NC(=O)[C@@H]3CCCN(S(=O)(=O)c4cc(Cl)ccc4Cl)C3)ccc2s1. The number of piperidine rings is 1. The van der Waals surface area contributed by atoms with Crippen molar-refractivity contribution in [3.8, 4) is 0 Å². The van der Waals surface area contributed by atoms with Crippen LogP contribution in [0, 0.1) is 5.92 Å². The van der Waals surface area contributed by atoms with Gasteiger partial charge in [0.15, 0.2) is 0 Å². The summed E-state index contributed by atoms with van der Waals surface area (Å²) in [5, 5.41) is 4.03. The molecule has 0 spiro atoms. The Balaban J connectivity index is 1.50. The molecule has 1 atom stereocenters. The van der Waals surface area contributed by atoms with Gasteiger partial charge in [-0.1, -0.05) is 23.2 Å². The number of anilines is 1. The first kappa shape index (κ1) is 24.0. The van der Waals surface area contributed by atoms with Crippen molar-refractivity contribution < 1.29 is 22.7 Å². The number of carbonyl (C=O) groups is 2. The van der Waals surface area contributed by atoms with Crippen LogP contribution in [0.4, 0.5) is 5.69 Å². The molecular formula is C22H20Cl2N2O5S2. The molecule has 0 radical (unpaired) electrons. The molecule has 0 bridgehead atoms. The van der Waals surface area contributed by atoms with E-state index in [1.807, 2.05) is 6.07 Å². The highest BCUT2D eigenvalue weighted by Gasteiger charge is 2.34. The molecule has 4 rings (SSSR count). The number of amides is 1. The molecule has 11 heteroatoms. The van der Waals surface area contributed by atoms with Gasteiger partial charge in [0.2, 0.25) is 15.9 Å². The van der Waals surface area contributed by atoms with Gasteiger partial charge >= 0.3 is 5.97 Å². The average Bonchev–Trinajstić information content (AvgIpc) is 3.23. The summed E-state index contributed by atoms with van der Waals surface area (Å²) in [6, 6.07) is 11.3. The number of sulfonamides is 1. The number of nitrogens with one attached hydrogen (secondary N) is 1. The number of methoxy groups -OCH3 is 1. The summed E-state index contributed by atoms with van der Waals surface area (Å²) >= 11 is 13.4. The zero-order valence-electron chi connectivity index (χ0n) is 17.5. The Morgan fingerprint density at radius 3 is 2.70 bits per heavy atom. The Morgan fingerprint density at radius 2 is 1.94 bits per heavy atom. The average molecular weight is 527 g/mol. The zero-order chi connectivity index (χ0) is 23.8. The summed E-state index contributed by atoms with van der Waals surface area (Å²) in [4.78, 5) is 25.1. The Bertz CT molecular complexity index is 1340. The van der Waals surface area contributed by atoms with E-state index >= 15 is 0 Å². The van der Waals surface area contributed by atoms with Crippen LogP contribution in [0.3, 0.4) is 0 Å². The maximum atomic E-state index is 13.1. The summed E-state index contributed by atoms with van der Waals surface area (Å²) in [6.45, 7) is 0.344. The van der Waals surface area contributed by atoms with Gasteiger partial charge in [0, 0.05) is 28.5 Å². The van der Waals surface area contributed by atoms with Crippen LogP contribution >= 0.6 is 34.5 Å². The van der Waals surface area contributed by atoms with Gasteiger partial charge in [-0.25, -0.2) is 13.2 Å². The fourth-order valence-corrected chi connectivity index (χ4v) is 6.98. The second kappa shape index (κ2) is 9.60. The molecule has 174 valence electrons. The minimum atomic E-state index is -3.90. The number of fused-ring (bicyclic) bond motifs is 1. The van der Waals surface area contributed by atoms with E-state index in [0.29, 0.717) is 30.0 Å². The molecule has 1 fully saturated rings. The zero-order valence-corrected chi connectivity index (χ0v) is 20.7. The van der Waals surface area contributed by atoms with Gasteiger partial charge in [-0.3, -0.25) is 4.79 Å². The number of benzene rings is 2. The summed E-state index contributed by atoms with van der Waals surface area (Å²) in [5.74, 6) is -1.20. The molecule has 1 aliphatic heterocycles. The number of esters is 1. The van der Waals surface area contributed by atoms with Gasteiger partial charge in [0.1, 0.15) is 9.77 Å². The molecule has 1 saturated heterocycles. The summed E-state index contributed by atoms with van der Waals surface area (Å²) in [5.41, 5.74) is 0.569. The van der Waals surface area contributed by atoms with E-state index in [-0.39, 0.29) is 27.4 Å². The number of hydrogen-bond donors (Lipinski definition) is 1. The Kier molecular flexibility index (Phi) is 6.97. The molecule has 1 aliphatic rings. The Morgan fingerprint density at radius 1 is 1.15 bits per heavy atom. The number of hydrogen-bond acceptors (Lipinski definition) is 6. The van der Waals surface area contributed by atoms with Gasteiger partial charge in [0.25, 0.3) is 0 Å². The molecule has 2 heterocycles. The third kappa shape index (κ3) is 5.02. The smallest absolute Gasteiger partial charge is 0.348 e. The number of thiophene rings is 1. The Hall–Kier alpha value is -2.17. The van der Waals surface area contributed by atoms with E-state index in [2.05, 4.69) is 5.32 Å². The molecule has 1 amide bonds. The van der Waals surface area contributed by atoms with Crippen molar-refractivity contribution in [1.29, 1.82) is 0 Å². The van der Waals surface area contributed by atoms with E-state index < -0.39 is 21.9 Å². The lowest BCUT2D eigenvalue weighted by atomic mass is 9.98. The van der Waals surface area contributed by atoms with Crippen molar-refractivity contribution in [2.24, 2.45) is 5.92 Å². The first-order valence-electron chi connectivity index (χ1n) is 10.1. The van der Waals surface area contributed by atoms with Crippen LogP contribution in [0.1, 0.15) is 22.5 Å². The van der Waals surface area contributed by atoms with Crippen LogP contribution < -0.4 is 5.32 Å². The molecule has 33 heavy (non-hydrogen) atoms.